The number of ether oxygens (including phenoxy) is 2. The van der Waals surface area contributed by atoms with E-state index in [4.69, 9.17) is 4.74 Å². The maximum atomic E-state index is 12.5. The number of benzene rings is 2. The molecule has 0 atom stereocenters. The van der Waals surface area contributed by atoms with Gasteiger partial charge in [-0.05, 0) is 68.3 Å². The molecule has 0 fully saturated rings. The molecule has 0 radical (unpaired) electrons. The Labute approximate surface area is 180 Å². The van der Waals surface area contributed by atoms with E-state index in [0.717, 1.165) is 0 Å². The monoisotopic (exact) mass is 454 g/mol. The van der Waals surface area contributed by atoms with E-state index in [1.165, 1.54) is 37.3 Å². The van der Waals surface area contributed by atoms with Gasteiger partial charge in [-0.3, -0.25) is 9.52 Å². The number of hydrogen-bond acceptors (Lipinski definition) is 5. The predicted molar refractivity (Wildman–Crippen MR) is 116 cm³/mol. The summed E-state index contributed by atoms with van der Waals surface area (Å²) in [5.74, 6) is -0.415. The molecule has 0 unspecified atom stereocenters. The van der Waals surface area contributed by atoms with E-state index in [-0.39, 0.29) is 23.9 Å². The Hall–Kier alpha value is -3.14. The van der Waals surface area contributed by atoms with Crippen LogP contribution >= 0.6 is 0 Å². The zero-order valence-corrected chi connectivity index (χ0v) is 18.1. The van der Waals surface area contributed by atoms with Crippen molar-refractivity contribution in [1.82, 2.24) is 0 Å². The predicted octanol–water partition coefficient (Wildman–Crippen LogP) is 4.41. The van der Waals surface area contributed by atoms with E-state index in [0.29, 0.717) is 22.5 Å². The highest BCUT2D eigenvalue weighted by Crippen LogP contribution is 2.30. The summed E-state index contributed by atoms with van der Waals surface area (Å²) in [5.41, 5.74) is 2.13. The maximum Gasteiger partial charge on any atom is 0.387 e. The molecule has 2 aromatic rings. The second-order valence-electron chi connectivity index (χ2n) is 6.38. The van der Waals surface area contributed by atoms with Crippen molar-refractivity contribution in [3.05, 3.63) is 53.6 Å². The van der Waals surface area contributed by atoms with Gasteiger partial charge in [0, 0.05) is 11.8 Å². The van der Waals surface area contributed by atoms with Crippen molar-refractivity contribution in [1.29, 1.82) is 0 Å². The molecule has 0 aliphatic carbocycles. The van der Waals surface area contributed by atoms with Crippen LogP contribution in [-0.2, 0) is 14.8 Å². The van der Waals surface area contributed by atoms with Crippen LogP contribution in [0.2, 0.25) is 0 Å². The number of halogens is 2. The average Bonchev–Trinajstić information content (AvgIpc) is 2.70. The van der Waals surface area contributed by atoms with Gasteiger partial charge in [0.1, 0.15) is 0 Å². The largest absolute Gasteiger partial charge is 0.490 e. The van der Waals surface area contributed by atoms with Crippen molar-refractivity contribution < 1.29 is 31.5 Å². The Morgan fingerprint density at radius 1 is 1.13 bits per heavy atom. The molecule has 1 amide bonds. The van der Waals surface area contributed by atoms with Gasteiger partial charge in [-0.2, -0.15) is 8.78 Å². The number of rotatable bonds is 10. The van der Waals surface area contributed by atoms with Crippen LogP contribution in [0.1, 0.15) is 25.0 Å². The molecular formula is C21H24F2N2O5S. The first-order valence-corrected chi connectivity index (χ1v) is 11.1. The Morgan fingerprint density at radius 3 is 2.48 bits per heavy atom. The topological polar surface area (TPSA) is 93.7 Å². The molecule has 2 N–H and O–H groups in total. The third-order valence-electron chi connectivity index (χ3n) is 4.05. The lowest BCUT2D eigenvalue weighted by molar-refractivity contribution is -0.111. The fourth-order valence-corrected chi connectivity index (χ4v) is 3.25. The van der Waals surface area contributed by atoms with Crippen molar-refractivity contribution in [3.63, 3.8) is 0 Å². The first-order valence-electron chi connectivity index (χ1n) is 9.45. The summed E-state index contributed by atoms with van der Waals surface area (Å²) in [5, 5.41) is 2.68. The summed E-state index contributed by atoms with van der Waals surface area (Å²) in [6, 6.07) is 9.14. The SMILES string of the molecule is CCOc1cc(C=CC(=O)Nc2ccc(NS(=O)(=O)CC)c(C)c2)ccc1OC(F)F. The van der Waals surface area contributed by atoms with Gasteiger partial charge in [0.15, 0.2) is 11.5 Å². The highest BCUT2D eigenvalue weighted by molar-refractivity contribution is 7.92. The lowest BCUT2D eigenvalue weighted by Gasteiger charge is -2.12. The number of amides is 1. The number of anilines is 2. The summed E-state index contributed by atoms with van der Waals surface area (Å²) < 4.78 is 60.5. The molecule has 2 rings (SSSR count). The van der Waals surface area contributed by atoms with Gasteiger partial charge in [0.25, 0.3) is 0 Å². The van der Waals surface area contributed by atoms with E-state index in [1.54, 1.807) is 32.0 Å². The summed E-state index contributed by atoms with van der Waals surface area (Å²) in [4.78, 5) is 12.2. The van der Waals surface area contributed by atoms with Gasteiger partial charge in [0.05, 0.1) is 18.0 Å². The van der Waals surface area contributed by atoms with Crippen LogP contribution in [-0.4, -0.2) is 33.3 Å². The minimum Gasteiger partial charge on any atom is -0.490 e. The van der Waals surface area contributed by atoms with E-state index >= 15 is 0 Å². The molecule has 0 aliphatic heterocycles. The zero-order chi connectivity index (χ0) is 23.0. The maximum absolute atomic E-state index is 12.5. The fraction of sp³-hybridized carbons (Fsp3) is 0.286. The number of aryl methyl sites for hydroxylation is 1. The summed E-state index contributed by atoms with van der Waals surface area (Å²) >= 11 is 0. The van der Waals surface area contributed by atoms with Crippen LogP contribution in [0.4, 0.5) is 20.2 Å². The highest BCUT2D eigenvalue weighted by Gasteiger charge is 2.12. The molecule has 168 valence electrons. The van der Waals surface area contributed by atoms with E-state index in [9.17, 15) is 22.0 Å². The molecule has 0 saturated heterocycles. The molecule has 0 heterocycles. The third-order valence-corrected chi connectivity index (χ3v) is 5.34. The third kappa shape index (κ3) is 7.56. The molecule has 2 aromatic carbocycles. The van der Waals surface area contributed by atoms with Crippen LogP contribution in [0.25, 0.3) is 6.08 Å². The second kappa shape index (κ2) is 10.8. The first-order chi connectivity index (χ1) is 14.6. The summed E-state index contributed by atoms with van der Waals surface area (Å²) in [7, 11) is -3.40. The standard InChI is InChI=1S/C21H24F2N2O5S/c1-4-29-19-13-15(6-10-18(19)30-21(22)23)7-11-20(26)24-16-8-9-17(14(3)12-16)25-31(27,28)5-2/h6-13,21,25H,4-5H2,1-3H3,(H,24,26). The Bertz CT molecular complexity index is 1060. The van der Waals surface area contributed by atoms with Crippen molar-refractivity contribution in [2.45, 2.75) is 27.4 Å². The smallest absolute Gasteiger partial charge is 0.387 e. The number of carbonyl (C=O) groups is 1. The van der Waals surface area contributed by atoms with Gasteiger partial charge < -0.3 is 14.8 Å². The Balaban J connectivity index is 2.08. The number of carbonyl (C=O) groups excluding carboxylic acids is 1. The average molecular weight is 454 g/mol. The fourth-order valence-electron chi connectivity index (χ4n) is 2.54. The second-order valence-corrected chi connectivity index (χ2v) is 8.39. The number of sulfonamides is 1. The molecule has 31 heavy (non-hydrogen) atoms. The zero-order valence-electron chi connectivity index (χ0n) is 17.3. The van der Waals surface area contributed by atoms with Crippen molar-refractivity contribution in [3.8, 4) is 11.5 Å². The number of hydrogen-bond donors (Lipinski definition) is 2. The van der Waals surface area contributed by atoms with Crippen molar-refractivity contribution >= 4 is 33.4 Å². The summed E-state index contributed by atoms with van der Waals surface area (Å²) in [6.07, 6.45) is 2.78. The van der Waals surface area contributed by atoms with E-state index in [1.807, 2.05) is 0 Å². The van der Waals surface area contributed by atoms with Crippen molar-refractivity contribution in [2.24, 2.45) is 0 Å². The van der Waals surface area contributed by atoms with E-state index < -0.39 is 22.5 Å². The van der Waals surface area contributed by atoms with Crippen LogP contribution < -0.4 is 19.5 Å². The van der Waals surface area contributed by atoms with Gasteiger partial charge >= 0.3 is 6.61 Å². The molecular weight excluding hydrogens is 430 g/mol. The molecule has 0 aliphatic rings. The molecule has 10 heteroatoms. The first kappa shape index (κ1) is 24.1. The van der Waals surface area contributed by atoms with Gasteiger partial charge in [-0.15, -0.1) is 0 Å². The van der Waals surface area contributed by atoms with Crippen LogP contribution in [0.15, 0.2) is 42.5 Å². The van der Waals surface area contributed by atoms with Crippen LogP contribution in [0, 0.1) is 6.92 Å². The van der Waals surface area contributed by atoms with Crippen molar-refractivity contribution in [2.75, 3.05) is 22.4 Å². The van der Waals surface area contributed by atoms with Crippen LogP contribution in [0.5, 0.6) is 11.5 Å². The Morgan fingerprint density at radius 2 is 1.87 bits per heavy atom. The van der Waals surface area contributed by atoms with Crippen LogP contribution in [0.3, 0.4) is 0 Å². The summed E-state index contributed by atoms with van der Waals surface area (Å²) in [6.45, 7) is 2.25. The minimum atomic E-state index is -3.40. The van der Waals surface area contributed by atoms with Gasteiger partial charge in [0.2, 0.25) is 15.9 Å². The lowest BCUT2D eigenvalue weighted by Crippen LogP contribution is -2.15. The number of alkyl halides is 2. The minimum absolute atomic E-state index is 0.0457. The molecule has 0 bridgehead atoms. The molecule has 7 nitrogen and oxygen atoms in total. The van der Waals surface area contributed by atoms with E-state index in [2.05, 4.69) is 14.8 Å². The van der Waals surface area contributed by atoms with Gasteiger partial charge in [-0.25, -0.2) is 8.42 Å². The molecule has 0 saturated carbocycles. The quantitative estimate of drug-likeness (QED) is 0.519. The molecule has 0 aromatic heterocycles. The lowest BCUT2D eigenvalue weighted by atomic mass is 10.1. The normalized spacial score (nSPS) is 11.5. The molecule has 0 spiro atoms. The number of nitrogens with one attached hydrogen (secondary N) is 2. The highest BCUT2D eigenvalue weighted by atomic mass is 32.2. The van der Waals surface area contributed by atoms with Gasteiger partial charge in [-0.1, -0.05) is 6.07 Å². The Kier molecular flexibility index (Phi) is 8.38.